The number of nitrogens with zero attached hydrogens (tertiary/aromatic N) is 1. The first-order valence-corrected chi connectivity index (χ1v) is 4.36. The van der Waals surface area contributed by atoms with Gasteiger partial charge in [-0.1, -0.05) is 0 Å². The summed E-state index contributed by atoms with van der Waals surface area (Å²) in [5.74, 6) is 0.781. The Morgan fingerprint density at radius 3 is 2.92 bits per heavy atom. The van der Waals surface area contributed by atoms with Crippen LogP contribution in [0.4, 0.5) is 0 Å². The quantitative estimate of drug-likeness (QED) is 0.574. The van der Waals surface area contributed by atoms with Crippen LogP contribution in [0.15, 0.2) is 0 Å². The van der Waals surface area contributed by atoms with Crippen molar-refractivity contribution in [3.8, 4) is 0 Å². The van der Waals surface area contributed by atoms with Gasteiger partial charge in [-0.15, -0.1) is 0 Å². The number of hydrogen-bond acceptors (Lipinski definition) is 3. The molecule has 0 spiro atoms. The van der Waals surface area contributed by atoms with E-state index in [9.17, 15) is 4.79 Å². The minimum absolute atomic E-state index is 0.0460. The number of fused-ring (bicyclic) bond motifs is 2. The van der Waals surface area contributed by atoms with Crippen molar-refractivity contribution in [3.05, 3.63) is 0 Å². The van der Waals surface area contributed by atoms with Gasteiger partial charge in [0, 0.05) is 13.1 Å². The van der Waals surface area contributed by atoms with Crippen molar-refractivity contribution < 1.29 is 9.63 Å². The van der Waals surface area contributed by atoms with E-state index in [4.69, 9.17) is 0 Å². The third-order valence-corrected chi connectivity index (χ3v) is 2.87. The molecule has 0 aromatic rings. The predicted octanol–water partition coefficient (Wildman–Crippen LogP) is -0.384. The summed E-state index contributed by atoms with van der Waals surface area (Å²) in [6, 6.07) is 0. The maximum atomic E-state index is 11.4. The van der Waals surface area contributed by atoms with Crippen molar-refractivity contribution in [2.24, 2.45) is 11.8 Å². The van der Waals surface area contributed by atoms with E-state index >= 15 is 0 Å². The van der Waals surface area contributed by atoms with Crippen molar-refractivity contribution in [2.75, 3.05) is 26.7 Å². The number of nitrogens with one attached hydrogen (secondary N) is 1. The maximum Gasteiger partial charge on any atom is 0.248 e. The van der Waals surface area contributed by atoms with Crippen molar-refractivity contribution in [1.82, 2.24) is 10.4 Å². The van der Waals surface area contributed by atoms with Crippen molar-refractivity contribution in [2.45, 2.75) is 6.42 Å². The van der Waals surface area contributed by atoms with Crippen LogP contribution in [0.2, 0.25) is 0 Å². The average molecular weight is 170 g/mol. The van der Waals surface area contributed by atoms with Gasteiger partial charge in [-0.05, 0) is 18.9 Å². The second-order valence-corrected chi connectivity index (χ2v) is 3.59. The van der Waals surface area contributed by atoms with E-state index in [1.807, 2.05) is 0 Å². The van der Waals surface area contributed by atoms with Crippen LogP contribution in [0.5, 0.6) is 0 Å². The minimum atomic E-state index is 0.0460. The molecule has 3 atom stereocenters. The molecule has 2 heterocycles. The Kier molecular flexibility index (Phi) is 2.02. The maximum absolute atomic E-state index is 11.4. The van der Waals surface area contributed by atoms with Gasteiger partial charge in [-0.2, -0.15) is 0 Å². The van der Waals surface area contributed by atoms with Gasteiger partial charge in [0.1, 0.15) is 0 Å². The van der Waals surface area contributed by atoms with E-state index in [2.05, 4.69) is 15.2 Å². The van der Waals surface area contributed by atoms with E-state index in [-0.39, 0.29) is 11.8 Å². The number of carbonyl (C=O) groups is 1. The molecule has 4 heteroatoms. The van der Waals surface area contributed by atoms with Crippen molar-refractivity contribution >= 4 is 5.91 Å². The summed E-state index contributed by atoms with van der Waals surface area (Å²) in [5.41, 5.74) is 2.41. The first-order valence-electron chi connectivity index (χ1n) is 4.36. The molecule has 1 amide bonds. The lowest BCUT2D eigenvalue weighted by atomic mass is 9.92. The Bertz CT molecular complexity index is 195. The summed E-state index contributed by atoms with van der Waals surface area (Å²) in [7, 11) is 1.48. The molecule has 4 nitrogen and oxygen atoms in total. The van der Waals surface area contributed by atoms with Crippen LogP contribution in [0, 0.1) is 11.8 Å². The molecular weight excluding hydrogens is 156 g/mol. The van der Waals surface area contributed by atoms with Gasteiger partial charge in [0.25, 0.3) is 0 Å². The Morgan fingerprint density at radius 2 is 2.42 bits per heavy atom. The Hall–Kier alpha value is -0.610. The van der Waals surface area contributed by atoms with Crippen LogP contribution in [0.25, 0.3) is 0 Å². The third kappa shape index (κ3) is 1.21. The monoisotopic (exact) mass is 170 g/mol. The van der Waals surface area contributed by atoms with E-state index in [1.165, 1.54) is 20.1 Å². The van der Waals surface area contributed by atoms with Gasteiger partial charge in [0.05, 0.1) is 13.0 Å². The fraction of sp³-hybridized carbons (Fsp3) is 0.875. The van der Waals surface area contributed by atoms with Crippen LogP contribution in [-0.2, 0) is 9.63 Å². The van der Waals surface area contributed by atoms with Crippen molar-refractivity contribution in [3.63, 3.8) is 0 Å². The normalized spacial score (nSPS) is 38.6. The van der Waals surface area contributed by atoms with Gasteiger partial charge >= 0.3 is 0 Å². The van der Waals surface area contributed by atoms with Gasteiger partial charge in [-0.3, -0.25) is 9.63 Å². The topological polar surface area (TPSA) is 41.6 Å². The fourth-order valence-electron chi connectivity index (χ4n) is 2.26. The molecule has 1 N–H and O–H groups in total. The number of carbonyl (C=O) groups excluding carboxylic acids is 1. The average Bonchev–Trinajstić information content (AvgIpc) is 2.64. The van der Waals surface area contributed by atoms with Crippen LogP contribution in [0.3, 0.4) is 0 Å². The first-order chi connectivity index (χ1) is 5.81. The summed E-state index contributed by atoms with van der Waals surface area (Å²) >= 11 is 0. The molecule has 2 aliphatic rings. The molecule has 0 aromatic carbocycles. The minimum Gasteiger partial charge on any atom is -0.302 e. The van der Waals surface area contributed by atoms with Crippen LogP contribution in [-0.4, -0.2) is 37.6 Å². The summed E-state index contributed by atoms with van der Waals surface area (Å²) < 4.78 is 0. The molecule has 2 aliphatic heterocycles. The molecule has 2 fully saturated rings. The standard InChI is InChI=1S/C8H14N2O2/c1-12-9-8(11)7-5-10-3-2-6(7)4-10/h6-7H,2-5H2,1H3,(H,9,11)/t6-,7+/m0/s1. The highest BCUT2D eigenvalue weighted by Crippen LogP contribution is 2.32. The second kappa shape index (κ2) is 3.03. The van der Waals surface area contributed by atoms with Crippen LogP contribution < -0.4 is 5.48 Å². The number of rotatable bonds is 2. The molecule has 0 radical (unpaired) electrons. The van der Waals surface area contributed by atoms with Gasteiger partial charge < -0.3 is 4.90 Å². The zero-order valence-electron chi connectivity index (χ0n) is 7.25. The molecule has 12 heavy (non-hydrogen) atoms. The summed E-state index contributed by atoms with van der Waals surface area (Å²) in [5, 5.41) is 0. The highest BCUT2D eigenvalue weighted by molar-refractivity contribution is 5.78. The lowest BCUT2D eigenvalue weighted by molar-refractivity contribution is -0.136. The summed E-state index contributed by atoms with van der Waals surface area (Å²) in [6.07, 6.45) is 1.17. The number of hydroxylamine groups is 1. The molecular formula is C8H14N2O2. The molecule has 2 bridgehead atoms. The summed E-state index contributed by atoms with van der Waals surface area (Å²) in [4.78, 5) is 18.3. The second-order valence-electron chi connectivity index (χ2n) is 3.59. The smallest absolute Gasteiger partial charge is 0.248 e. The van der Waals surface area contributed by atoms with Gasteiger partial charge in [0.2, 0.25) is 5.91 Å². The third-order valence-electron chi connectivity index (χ3n) is 2.87. The molecule has 68 valence electrons. The fourth-order valence-corrected chi connectivity index (χ4v) is 2.26. The molecule has 2 rings (SSSR count). The SMILES string of the molecule is CONC(=O)[C@@H]1CN2CC[C@H]1C2. The van der Waals surface area contributed by atoms with E-state index in [1.54, 1.807) is 0 Å². The highest BCUT2D eigenvalue weighted by atomic mass is 16.6. The van der Waals surface area contributed by atoms with Gasteiger partial charge in [0.15, 0.2) is 0 Å². The largest absolute Gasteiger partial charge is 0.302 e. The molecule has 2 saturated heterocycles. The Labute approximate surface area is 71.8 Å². The zero-order valence-corrected chi connectivity index (χ0v) is 7.25. The molecule has 1 unspecified atom stereocenters. The molecule has 0 aliphatic carbocycles. The first kappa shape index (κ1) is 8.01. The summed E-state index contributed by atoms with van der Waals surface area (Å²) in [6.45, 7) is 3.18. The van der Waals surface area contributed by atoms with Crippen LogP contribution in [0.1, 0.15) is 6.42 Å². The van der Waals surface area contributed by atoms with Crippen molar-refractivity contribution in [1.29, 1.82) is 0 Å². The lowest BCUT2D eigenvalue weighted by Crippen LogP contribution is -2.37. The predicted molar refractivity (Wildman–Crippen MR) is 43.2 cm³/mol. The number of piperidine rings is 1. The van der Waals surface area contributed by atoms with Crippen LogP contribution >= 0.6 is 0 Å². The molecule has 0 aromatic heterocycles. The van der Waals surface area contributed by atoms with E-state index in [0.29, 0.717) is 5.92 Å². The Balaban J connectivity index is 1.93. The zero-order chi connectivity index (χ0) is 8.55. The number of hydrogen-bond donors (Lipinski definition) is 1. The number of amides is 1. The van der Waals surface area contributed by atoms with E-state index in [0.717, 1.165) is 13.1 Å². The van der Waals surface area contributed by atoms with Gasteiger partial charge in [-0.25, -0.2) is 5.48 Å². The lowest BCUT2D eigenvalue weighted by Gasteiger charge is -2.20. The molecule has 0 saturated carbocycles. The highest BCUT2D eigenvalue weighted by Gasteiger charge is 2.41. The van der Waals surface area contributed by atoms with E-state index < -0.39 is 0 Å². The Morgan fingerprint density at radius 1 is 1.58 bits per heavy atom.